The van der Waals surface area contributed by atoms with Crippen LogP contribution in [0.25, 0.3) is 0 Å². The van der Waals surface area contributed by atoms with Gasteiger partial charge < -0.3 is 15.8 Å². The summed E-state index contributed by atoms with van der Waals surface area (Å²) < 4.78 is 5.67. The van der Waals surface area contributed by atoms with Gasteiger partial charge in [-0.2, -0.15) is 0 Å². The summed E-state index contributed by atoms with van der Waals surface area (Å²) in [6.07, 6.45) is -0.601. The molecule has 2 rings (SSSR count). The van der Waals surface area contributed by atoms with Gasteiger partial charge in [-0.3, -0.25) is 4.79 Å². The van der Waals surface area contributed by atoms with Gasteiger partial charge >= 0.3 is 0 Å². The van der Waals surface area contributed by atoms with Gasteiger partial charge in [0.2, 0.25) is 0 Å². The molecule has 4 nitrogen and oxygen atoms in total. The molecule has 1 amide bonds. The van der Waals surface area contributed by atoms with Gasteiger partial charge in [-0.15, -0.1) is 0 Å². The van der Waals surface area contributed by atoms with E-state index in [-0.39, 0.29) is 5.91 Å². The zero-order chi connectivity index (χ0) is 14.5. The highest BCUT2D eigenvalue weighted by atomic mass is 16.5. The van der Waals surface area contributed by atoms with Gasteiger partial charge in [-0.05, 0) is 37.6 Å². The molecule has 0 aliphatic carbocycles. The maximum absolute atomic E-state index is 12.1. The number of nitrogens with one attached hydrogen (secondary N) is 1. The normalized spacial score (nSPS) is 11.7. The molecule has 4 heteroatoms. The molecule has 0 bridgehead atoms. The number of ether oxygens (including phenoxy) is 1. The lowest BCUT2D eigenvalue weighted by molar-refractivity contribution is -0.122. The first kappa shape index (κ1) is 13.9. The SMILES string of the molecule is Cc1ccccc1OC(C)C(=O)Nc1ccccc1N. The first-order valence-corrected chi connectivity index (χ1v) is 6.45. The summed E-state index contributed by atoms with van der Waals surface area (Å²) in [7, 11) is 0. The smallest absolute Gasteiger partial charge is 0.265 e. The second kappa shape index (κ2) is 6.10. The molecular formula is C16H18N2O2. The molecular weight excluding hydrogens is 252 g/mol. The summed E-state index contributed by atoms with van der Waals surface area (Å²) in [5.41, 5.74) is 7.91. The molecule has 0 saturated carbocycles. The van der Waals surface area contributed by atoms with Gasteiger partial charge in [0.15, 0.2) is 6.10 Å². The van der Waals surface area contributed by atoms with Crippen molar-refractivity contribution in [2.75, 3.05) is 11.1 Å². The number of nitrogens with two attached hydrogens (primary N) is 1. The highest BCUT2D eigenvalue weighted by Gasteiger charge is 2.16. The van der Waals surface area contributed by atoms with E-state index in [0.29, 0.717) is 17.1 Å². The van der Waals surface area contributed by atoms with Gasteiger partial charge in [0, 0.05) is 0 Å². The second-order valence-corrected chi connectivity index (χ2v) is 4.60. The van der Waals surface area contributed by atoms with Crippen LogP contribution in [0, 0.1) is 6.92 Å². The molecule has 2 aromatic rings. The highest BCUT2D eigenvalue weighted by Crippen LogP contribution is 2.20. The first-order chi connectivity index (χ1) is 9.58. The fraction of sp³-hybridized carbons (Fsp3) is 0.188. The molecule has 104 valence electrons. The van der Waals surface area contributed by atoms with E-state index in [1.807, 2.05) is 43.3 Å². The number of benzene rings is 2. The van der Waals surface area contributed by atoms with Crippen molar-refractivity contribution in [3.63, 3.8) is 0 Å². The Hall–Kier alpha value is -2.49. The minimum absolute atomic E-state index is 0.230. The fourth-order valence-electron chi connectivity index (χ4n) is 1.78. The number of para-hydroxylation sites is 3. The lowest BCUT2D eigenvalue weighted by atomic mass is 10.2. The summed E-state index contributed by atoms with van der Waals surface area (Å²) in [5, 5.41) is 2.76. The van der Waals surface area contributed by atoms with E-state index in [1.165, 1.54) is 0 Å². The van der Waals surface area contributed by atoms with E-state index >= 15 is 0 Å². The molecule has 0 fully saturated rings. The lowest BCUT2D eigenvalue weighted by Crippen LogP contribution is -2.30. The Morgan fingerprint density at radius 2 is 1.80 bits per heavy atom. The second-order valence-electron chi connectivity index (χ2n) is 4.60. The number of amides is 1. The van der Waals surface area contributed by atoms with Crippen LogP contribution in [0.5, 0.6) is 5.75 Å². The lowest BCUT2D eigenvalue weighted by Gasteiger charge is -2.16. The van der Waals surface area contributed by atoms with Crippen LogP contribution in [0.2, 0.25) is 0 Å². The standard InChI is InChI=1S/C16H18N2O2/c1-11-7-3-6-10-15(11)20-12(2)16(19)18-14-9-5-4-8-13(14)17/h3-10,12H,17H2,1-2H3,(H,18,19). The van der Waals surface area contributed by atoms with Crippen molar-refractivity contribution in [3.8, 4) is 5.75 Å². The van der Waals surface area contributed by atoms with Crippen molar-refractivity contribution in [2.24, 2.45) is 0 Å². The molecule has 3 N–H and O–H groups in total. The van der Waals surface area contributed by atoms with Crippen molar-refractivity contribution in [3.05, 3.63) is 54.1 Å². The molecule has 0 heterocycles. The monoisotopic (exact) mass is 270 g/mol. The Labute approximate surface area is 118 Å². The Bertz CT molecular complexity index is 611. The molecule has 0 aliphatic heterocycles. The largest absolute Gasteiger partial charge is 0.481 e. The van der Waals surface area contributed by atoms with Gasteiger partial charge in [0.05, 0.1) is 11.4 Å². The van der Waals surface area contributed by atoms with E-state index < -0.39 is 6.10 Å². The quantitative estimate of drug-likeness (QED) is 0.839. The minimum atomic E-state index is -0.601. The zero-order valence-corrected chi connectivity index (χ0v) is 11.6. The fourth-order valence-corrected chi connectivity index (χ4v) is 1.78. The van der Waals surface area contributed by atoms with E-state index in [0.717, 1.165) is 5.56 Å². The summed E-state index contributed by atoms with van der Waals surface area (Å²) in [4.78, 5) is 12.1. The third-order valence-electron chi connectivity index (χ3n) is 2.99. The average molecular weight is 270 g/mol. The molecule has 0 spiro atoms. The van der Waals surface area contributed by atoms with Gasteiger partial charge in [0.25, 0.3) is 5.91 Å². The first-order valence-electron chi connectivity index (χ1n) is 6.45. The molecule has 1 unspecified atom stereocenters. The van der Waals surface area contributed by atoms with Crippen LogP contribution in [-0.4, -0.2) is 12.0 Å². The molecule has 2 aromatic carbocycles. The van der Waals surface area contributed by atoms with Crippen LogP contribution in [0.3, 0.4) is 0 Å². The van der Waals surface area contributed by atoms with Crippen LogP contribution in [0.4, 0.5) is 11.4 Å². The number of rotatable bonds is 4. The Morgan fingerprint density at radius 1 is 1.15 bits per heavy atom. The predicted molar refractivity (Wildman–Crippen MR) is 80.8 cm³/mol. The number of carbonyl (C=O) groups is 1. The van der Waals surface area contributed by atoms with Gasteiger partial charge in [0.1, 0.15) is 5.75 Å². The highest BCUT2D eigenvalue weighted by molar-refractivity contribution is 5.96. The number of hydrogen-bond donors (Lipinski definition) is 2. The molecule has 0 aliphatic rings. The van der Waals surface area contributed by atoms with Crippen LogP contribution in [0.15, 0.2) is 48.5 Å². The van der Waals surface area contributed by atoms with Crippen molar-refractivity contribution in [1.29, 1.82) is 0 Å². The maximum Gasteiger partial charge on any atom is 0.265 e. The molecule has 0 aromatic heterocycles. The van der Waals surface area contributed by atoms with Gasteiger partial charge in [-0.1, -0.05) is 30.3 Å². The average Bonchev–Trinajstić information content (AvgIpc) is 2.43. The van der Waals surface area contributed by atoms with Crippen LogP contribution >= 0.6 is 0 Å². The summed E-state index contributed by atoms with van der Waals surface area (Å²) in [5.74, 6) is 0.474. The van der Waals surface area contributed by atoms with E-state index in [4.69, 9.17) is 10.5 Å². The van der Waals surface area contributed by atoms with Gasteiger partial charge in [-0.25, -0.2) is 0 Å². The van der Waals surface area contributed by atoms with Crippen LogP contribution in [0.1, 0.15) is 12.5 Å². The number of nitrogen functional groups attached to an aromatic ring is 1. The van der Waals surface area contributed by atoms with E-state index in [1.54, 1.807) is 19.1 Å². The molecule has 1 atom stereocenters. The Kier molecular flexibility index (Phi) is 4.25. The number of aryl methyl sites for hydroxylation is 1. The maximum atomic E-state index is 12.1. The third-order valence-corrected chi connectivity index (χ3v) is 2.99. The molecule has 0 radical (unpaired) electrons. The summed E-state index contributed by atoms with van der Waals surface area (Å²) in [6.45, 7) is 3.65. The van der Waals surface area contributed by atoms with Crippen LogP contribution in [-0.2, 0) is 4.79 Å². The van der Waals surface area contributed by atoms with Crippen LogP contribution < -0.4 is 15.8 Å². The Morgan fingerprint density at radius 3 is 2.50 bits per heavy atom. The number of hydrogen-bond acceptors (Lipinski definition) is 3. The van der Waals surface area contributed by atoms with Crippen molar-refractivity contribution in [2.45, 2.75) is 20.0 Å². The predicted octanol–water partition coefficient (Wildman–Crippen LogP) is 2.98. The van der Waals surface area contributed by atoms with E-state index in [9.17, 15) is 4.79 Å². The molecule has 20 heavy (non-hydrogen) atoms. The van der Waals surface area contributed by atoms with Crippen molar-refractivity contribution in [1.82, 2.24) is 0 Å². The molecule has 0 saturated heterocycles. The minimum Gasteiger partial charge on any atom is -0.481 e. The topological polar surface area (TPSA) is 64.3 Å². The Balaban J connectivity index is 2.03. The van der Waals surface area contributed by atoms with E-state index in [2.05, 4.69) is 5.32 Å². The van der Waals surface area contributed by atoms with Crippen molar-refractivity contribution < 1.29 is 9.53 Å². The third kappa shape index (κ3) is 3.29. The number of anilines is 2. The van der Waals surface area contributed by atoms with Crippen molar-refractivity contribution >= 4 is 17.3 Å². The summed E-state index contributed by atoms with van der Waals surface area (Å²) in [6, 6.07) is 14.7. The zero-order valence-electron chi connectivity index (χ0n) is 11.6. The summed E-state index contributed by atoms with van der Waals surface area (Å²) >= 11 is 0. The number of carbonyl (C=O) groups excluding carboxylic acids is 1.